The van der Waals surface area contributed by atoms with Crippen molar-refractivity contribution < 1.29 is 101 Å². The first kappa shape index (κ1) is 54.2. The second-order valence-corrected chi connectivity index (χ2v) is 28.1. The molecule has 0 radical (unpaired) electrons. The molecule has 448 valence electrons. The van der Waals surface area contributed by atoms with E-state index < -0.39 is 120 Å². The van der Waals surface area contributed by atoms with Gasteiger partial charge in [0.05, 0.1) is 135 Å². The number of hydrogen-bond acceptors (Lipinski definition) is 20. The van der Waals surface area contributed by atoms with Crippen LogP contribution in [0.4, 0.5) is 0 Å². The monoisotopic (exact) mass is 1140 g/mol. The Bertz CT molecular complexity index is 2570. The highest BCUT2D eigenvalue weighted by Gasteiger charge is 2.94. The molecule has 0 aromatic rings. The molecule has 4 N–H and O–H groups in total. The van der Waals surface area contributed by atoms with Crippen molar-refractivity contribution in [2.75, 3.05) is 0 Å². The Morgan fingerprint density at radius 2 is 1.31 bits per heavy atom. The Morgan fingerprint density at radius 3 is 2.14 bits per heavy atom. The van der Waals surface area contributed by atoms with Crippen molar-refractivity contribution in [3.63, 3.8) is 0 Å². The van der Waals surface area contributed by atoms with Crippen LogP contribution in [0.5, 0.6) is 0 Å². The maximum absolute atomic E-state index is 14.6. The summed E-state index contributed by atoms with van der Waals surface area (Å²) >= 11 is 0. The fourth-order valence-corrected chi connectivity index (χ4v) is 19.2. The van der Waals surface area contributed by atoms with Gasteiger partial charge in [0, 0.05) is 57.3 Å². The number of rotatable bonds is 2. The molecule has 16 heterocycles. The van der Waals surface area contributed by atoms with Gasteiger partial charge in [-0.1, -0.05) is 40.9 Å². The number of esters is 1. The summed E-state index contributed by atoms with van der Waals surface area (Å²) in [5.74, 6) is -9.01. The number of carbonyl (C=O) groups is 2. The maximum atomic E-state index is 14.6. The zero-order valence-electron chi connectivity index (χ0n) is 46.8. The molecule has 4 spiro atoms. The SMILES string of the molecule is C=C1CC2CC[C@@]34OC5C6C(OC7CCC(CC(=O)OC8[C@H](CC9OC(CCC1O2)C[C@@H](C)C9=C)O[C@H]1C[C@H]2O[C@]9(CC%10O[C@]%11(C[C@H](C)[C@@H]%12OC(CC(=O)O)[C@H](O)CC%12O%11)C[C@H](C)[C@@H]%10O9)C[C@H]2O[C@H]1[C@@H]8C)O[C@@H]75)C1C6(O3)O[C@]1(O)C4O. The number of ether oxygens (including phenoxy) is 15. The molecular weight excluding hydrogens is 1060 g/mol. The Labute approximate surface area is 471 Å². The van der Waals surface area contributed by atoms with Crippen LogP contribution in [-0.4, -0.2) is 196 Å². The summed E-state index contributed by atoms with van der Waals surface area (Å²) in [6.45, 7) is 17.6. The third-order valence-electron chi connectivity index (χ3n) is 22.9. The lowest BCUT2D eigenvalue weighted by atomic mass is 9.49. The van der Waals surface area contributed by atoms with E-state index in [9.17, 15) is 30.0 Å². The lowest BCUT2D eigenvalue weighted by molar-refractivity contribution is -0.689. The van der Waals surface area contributed by atoms with Crippen LogP contribution in [0.25, 0.3) is 0 Å². The predicted octanol–water partition coefficient (Wildman–Crippen LogP) is 4.15. The maximum Gasteiger partial charge on any atom is 0.308 e. The van der Waals surface area contributed by atoms with Gasteiger partial charge in [0.2, 0.25) is 11.6 Å². The van der Waals surface area contributed by atoms with Crippen molar-refractivity contribution >= 4 is 11.9 Å². The summed E-state index contributed by atoms with van der Waals surface area (Å²) in [4.78, 5) is 26.2. The zero-order valence-corrected chi connectivity index (χ0v) is 46.8. The van der Waals surface area contributed by atoms with E-state index in [0.29, 0.717) is 70.6 Å². The molecule has 16 unspecified atom stereocenters. The minimum absolute atomic E-state index is 0.00514. The van der Waals surface area contributed by atoms with Gasteiger partial charge >= 0.3 is 11.9 Å². The van der Waals surface area contributed by atoms with Crippen molar-refractivity contribution in [3.8, 4) is 0 Å². The lowest BCUT2D eigenvalue weighted by Gasteiger charge is -2.83. The molecule has 1 aliphatic carbocycles. The van der Waals surface area contributed by atoms with Crippen LogP contribution in [-0.2, 0) is 80.6 Å². The molecule has 0 aromatic carbocycles. The van der Waals surface area contributed by atoms with E-state index in [4.69, 9.17) is 71.1 Å². The van der Waals surface area contributed by atoms with Gasteiger partial charge in [-0.3, -0.25) is 9.59 Å². The molecule has 16 saturated heterocycles. The molecule has 0 aromatic heterocycles. The first-order chi connectivity index (χ1) is 38.7. The fourth-order valence-electron chi connectivity index (χ4n) is 19.2. The van der Waals surface area contributed by atoms with Gasteiger partial charge in [0.15, 0.2) is 23.5 Å². The fraction of sp³-hybridized carbons (Fsp3) is 0.900. The number of carboxylic acids is 1. The second-order valence-electron chi connectivity index (χ2n) is 28.1. The van der Waals surface area contributed by atoms with Crippen molar-refractivity contribution in [3.05, 3.63) is 24.3 Å². The largest absolute Gasteiger partial charge is 0.481 e. The molecular formula is C60H82O21. The summed E-state index contributed by atoms with van der Waals surface area (Å²) < 4.78 is 102. The quantitative estimate of drug-likeness (QED) is 0.224. The number of hydrogen-bond donors (Lipinski definition) is 4. The van der Waals surface area contributed by atoms with Crippen LogP contribution in [0, 0.1) is 35.5 Å². The summed E-state index contributed by atoms with van der Waals surface area (Å²) in [6.07, 6.45) is -2.90. The highest BCUT2D eigenvalue weighted by atomic mass is 16.9. The number of aliphatic carboxylic acids is 1. The van der Waals surface area contributed by atoms with Gasteiger partial charge in [0.1, 0.15) is 18.3 Å². The van der Waals surface area contributed by atoms with Crippen molar-refractivity contribution in [1.82, 2.24) is 0 Å². The van der Waals surface area contributed by atoms with E-state index in [-0.39, 0.29) is 116 Å². The lowest BCUT2D eigenvalue weighted by Crippen LogP contribution is -3.00. The molecule has 1 saturated carbocycles. The summed E-state index contributed by atoms with van der Waals surface area (Å²) in [5.41, 5.74) is 2.00. The van der Waals surface area contributed by atoms with Crippen LogP contribution < -0.4 is 0 Å². The van der Waals surface area contributed by atoms with E-state index in [2.05, 4.69) is 40.9 Å². The first-order valence-electron chi connectivity index (χ1n) is 30.9. The molecule has 16 aliphatic heterocycles. The number of aliphatic hydroxyl groups is 3. The van der Waals surface area contributed by atoms with E-state index in [0.717, 1.165) is 24.0 Å². The van der Waals surface area contributed by atoms with Gasteiger partial charge in [-0.05, 0) is 73.8 Å². The normalized spacial score (nSPS) is 60.4. The minimum atomic E-state index is -1.88. The van der Waals surface area contributed by atoms with Crippen molar-refractivity contribution in [2.45, 2.75) is 300 Å². The third-order valence-corrected chi connectivity index (χ3v) is 22.9. The molecule has 81 heavy (non-hydrogen) atoms. The first-order valence-corrected chi connectivity index (χ1v) is 30.9. The minimum Gasteiger partial charge on any atom is -0.481 e. The van der Waals surface area contributed by atoms with Crippen LogP contribution in [0.15, 0.2) is 24.3 Å². The average Bonchev–Trinajstić information content (AvgIpc) is 1.11. The van der Waals surface area contributed by atoms with Crippen LogP contribution in [0.1, 0.15) is 137 Å². The molecule has 10 bridgehead atoms. The van der Waals surface area contributed by atoms with Gasteiger partial charge < -0.3 is 91.5 Å². The molecule has 17 fully saturated rings. The number of carboxylic acid groups (broad SMARTS) is 1. The Balaban J connectivity index is 0.640. The Morgan fingerprint density at radius 1 is 0.593 bits per heavy atom. The van der Waals surface area contributed by atoms with Crippen LogP contribution in [0.3, 0.4) is 0 Å². The Kier molecular flexibility index (Phi) is 12.6. The van der Waals surface area contributed by atoms with E-state index in [1.807, 2.05) is 0 Å². The topological polar surface area (TPSA) is 254 Å². The number of fused-ring (bicyclic) bond motifs is 10. The van der Waals surface area contributed by atoms with Crippen molar-refractivity contribution in [1.29, 1.82) is 0 Å². The highest BCUT2D eigenvalue weighted by Crippen LogP contribution is 2.76. The molecule has 17 rings (SSSR count). The smallest absolute Gasteiger partial charge is 0.308 e. The molecule has 17 aliphatic rings. The molecule has 21 nitrogen and oxygen atoms in total. The second kappa shape index (κ2) is 18.9. The van der Waals surface area contributed by atoms with Crippen LogP contribution >= 0.6 is 0 Å². The number of carbonyl (C=O) groups excluding carboxylic acids is 1. The van der Waals surface area contributed by atoms with Gasteiger partial charge in [-0.2, -0.15) is 0 Å². The molecule has 33 atom stereocenters. The van der Waals surface area contributed by atoms with Gasteiger partial charge in [-0.15, -0.1) is 0 Å². The summed E-state index contributed by atoms with van der Waals surface area (Å²) in [7, 11) is 0. The highest BCUT2D eigenvalue weighted by molar-refractivity contribution is 5.70. The molecule has 21 heteroatoms. The van der Waals surface area contributed by atoms with E-state index >= 15 is 0 Å². The standard InChI is InChI=1S/C60H82O21/c1-24-13-30-7-9-34-25(2)14-32(67-34)11-12-58-55(65)59(66)54-53-46(60(54,80-58)81-59)52(79-58)51-35(71-53)10-8-31(69-51)15-45(64)74-50-29(6)49-40(70-39(50)17-36(68-30)28(24)5)18-38-42(73-49)22-57(75-38)23-43-48(78-57)27(4)21-56(77-43)20-26(3)47-41(76-56)16-33(61)37(72-47)19-44(62)63/h24,26-27,29-43,46-55,61,65-66H,2,5,7-23H2,1,3-4,6H3,(H,62,63)/t24-,26+,27+,29+,30?,31?,32?,33-,34?,35?,36?,37?,38-,39+,40+,41?,42-,43?,46?,47+,48+,49+,50?,51+,52?,53?,54?,55?,56-,57-,58-,59+,60?/m1/s1. The van der Waals surface area contributed by atoms with Gasteiger partial charge in [-0.25, -0.2) is 0 Å². The predicted molar refractivity (Wildman–Crippen MR) is 273 cm³/mol. The van der Waals surface area contributed by atoms with E-state index in [1.165, 1.54) is 0 Å². The average molecular weight is 1140 g/mol. The van der Waals surface area contributed by atoms with Crippen molar-refractivity contribution in [2.24, 2.45) is 35.5 Å². The van der Waals surface area contributed by atoms with E-state index in [1.54, 1.807) is 0 Å². The Hall–Kier alpha value is -2.26. The number of aliphatic hydroxyl groups excluding tert-OH is 2. The third kappa shape index (κ3) is 8.23. The van der Waals surface area contributed by atoms with Crippen LogP contribution in [0.2, 0.25) is 0 Å². The zero-order chi connectivity index (χ0) is 55.6. The summed E-state index contributed by atoms with van der Waals surface area (Å²) in [6, 6.07) is 0. The summed E-state index contributed by atoms with van der Waals surface area (Å²) in [5, 5.41) is 44.3. The molecule has 0 amide bonds. The van der Waals surface area contributed by atoms with Gasteiger partial charge in [0.25, 0.3) is 0 Å².